The number of benzene rings is 2. The summed E-state index contributed by atoms with van der Waals surface area (Å²) in [7, 11) is 0. The number of amides is 3. The Hall–Kier alpha value is -2.97. The maximum absolute atomic E-state index is 14.1. The average Bonchev–Trinajstić information content (AvgIpc) is 3.57. The Morgan fingerprint density at radius 2 is 1.74 bits per heavy atom. The normalized spacial score (nSPS) is 29.5. The summed E-state index contributed by atoms with van der Waals surface area (Å²) >= 11 is 3.42. The van der Waals surface area contributed by atoms with E-state index >= 15 is 0 Å². The number of anilines is 1. The number of ether oxygens (including phenoxy) is 1. The molecule has 2 saturated heterocycles. The van der Waals surface area contributed by atoms with Crippen LogP contribution in [0.5, 0.6) is 0 Å². The number of likely N-dealkylation sites (tertiary alicyclic amines) is 1. The number of halogens is 1. The van der Waals surface area contributed by atoms with Crippen molar-refractivity contribution in [1.29, 1.82) is 0 Å². The molecule has 6 rings (SSSR count). The minimum atomic E-state index is -1.14. The molecule has 0 aromatic heterocycles. The number of rotatable bonds is 7. The number of hydrogen-bond donors (Lipinski definition) is 2. The lowest BCUT2D eigenvalue weighted by molar-refractivity contribution is -0.141. The van der Waals surface area contributed by atoms with E-state index in [1.807, 2.05) is 43.3 Å². The molecule has 1 spiro atoms. The number of aryl methyl sites for hydroxylation is 1. The molecule has 0 radical (unpaired) electrons. The van der Waals surface area contributed by atoms with Crippen LogP contribution >= 0.6 is 15.9 Å². The Morgan fingerprint density at radius 3 is 2.46 bits per heavy atom. The van der Waals surface area contributed by atoms with Gasteiger partial charge in [-0.15, -0.1) is 0 Å². The molecule has 39 heavy (non-hydrogen) atoms. The van der Waals surface area contributed by atoms with Crippen molar-refractivity contribution >= 4 is 39.3 Å². The van der Waals surface area contributed by atoms with Crippen molar-refractivity contribution < 1.29 is 19.1 Å². The Morgan fingerprint density at radius 1 is 1.03 bits per heavy atom. The van der Waals surface area contributed by atoms with Gasteiger partial charge in [0.05, 0.1) is 17.9 Å². The predicted molar refractivity (Wildman–Crippen MR) is 152 cm³/mol. The summed E-state index contributed by atoms with van der Waals surface area (Å²) in [6.45, 7) is 2.42. The van der Waals surface area contributed by atoms with E-state index in [4.69, 9.17) is 4.74 Å². The molecule has 3 heterocycles. The fourth-order valence-electron chi connectivity index (χ4n) is 6.80. The first-order valence-corrected chi connectivity index (χ1v) is 14.7. The number of carbonyl (C=O) groups is 3. The van der Waals surface area contributed by atoms with E-state index in [1.54, 1.807) is 4.90 Å². The molecule has 2 aromatic carbocycles. The van der Waals surface area contributed by atoms with E-state index in [0.717, 1.165) is 35.7 Å². The molecule has 204 valence electrons. The van der Waals surface area contributed by atoms with Gasteiger partial charge in [0.25, 0.3) is 0 Å². The van der Waals surface area contributed by atoms with Crippen LogP contribution in [0.4, 0.5) is 5.69 Å². The van der Waals surface area contributed by atoms with Gasteiger partial charge in [-0.25, -0.2) is 0 Å². The van der Waals surface area contributed by atoms with Crippen LogP contribution in [0.25, 0.3) is 0 Å². The molecule has 2 N–H and O–H groups in total. The molecule has 1 saturated carbocycles. The summed E-state index contributed by atoms with van der Waals surface area (Å²) < 4.78 is 7.37. The van der Waals surface area contributed by atoms with Crippen molar-refractivity contribution in [3.8, 4) is 0 Å². The number of nitrogens with zero attached hydrogens (tertiary/aromatic N) is 1. The summed E-state index contributed by atoms with van der Waals surface area (Å²) in [5, 5.41) is 6.21. The van der Waals surface area contributed by atoms with Gasteiger partial charge in [0.1, 0.15) is 11.6 Å². The summed E-state index contributed by atoms with van der Waals surface area (Å²) in [6.07, 6.45) is 9.08. The molecule has 1 aliphatic carbocycles. The lowest BCUT2D eigenvalue weighted by Crippen LogP contribution is -2.56. The molecule has 3 fully saturated rings. The van der Waals surface area contributed by atoms with Crippen molar-refractivity contribution in [3.63, 3.8) is 0 Å². The van der Waals surface area contributed by atoms with Gasteiger partial charge in [-0.3, -0.25) is 14.4 Å². The summed E-state index contributed by atoms with van der Waals surface area (Å²) in [5.41, 5.74) is 1.77. The summed E-state index contributed by atoms with van der Waals surface area (Å²) in [4.78, 5) is 43.3. The van der Waals surface area contributed by atoms with E-state index < -0.39 is 29.6 Å². The maximum Gasteiger partial charge on any atom is 0.246 e. The van der Waals surface area contributed by atoms with Crippen LogP contribution in [0.3, 0.4) is 0 Å². The quantitative estimate of drug-likeness (QED) is 0.463. The topological polar surface area (TPSA) is 87.7 Å². The molecule has 7 nitrogen and oxygen atoms in total. The summed E-state index contributed by atoms with van der Waals surface area (Å²) in [6, 6.07) is 14.9. The predicted octanol–water partition coefficient (Wildman–Crippen LogP) is 4.54. The highest BCUT2D eigenvalue weighted by Crippen LogP contribution is 2.55. The van der Waals surface area contributed by atoms with Crippen molar-refractivity contribution in [2.24, 2.45) is 11.8 Å². The Balaban J connectivity index is 1.28. The molecular formula is C31H34BrN3O4. The van der Waals surface area contributed by atoms with Gasteiger partial charge in [-0.1, -0.05) is 77.2 Å². The van der Waals surface area contributed by atoms with E-state index in [2.05, 4.69) is 50.8 Å². The maximum atomic E-state index is 14.1. The third-order valence-corrected chi connectivity index (χ3v) is 9.28. The zero-order valence-corrected chi connectivity index (χ0v) is 23.7. The summed E-state index contributed by atoms with van der Waals surface area (Å²) in [5.74, 6) is -2.09. The van der Waals surface area contributed by atoms with Gasteiger partial charge in [0.15, 0.2) is 0 Å². The molecule has 5 atom stereocenters. The van der Waals surface area contributed by atoms with Crippen LogP contribution < -0.4 is 10.6 Å². The standard InChI is InChI=1S/C31H34BrN3O4/c1-19-7-9-20(10-8-19)16-18-35-27(29(37)34-22-5-3-2-4-6-22)31-17-15-24(39-31)25(26(31)30(35)38)28(36)33-23-13-11-21(32)12-14-23/h7-15,17,22,24-27H,2-6,16,18H2,1H3,(H,33,36)(H,34,37)/t24-,25+,26-,27-,31-/m0/s1. The van der Waals surface area contributed by atoms with E-state index in [-0.39, 0.29) is 23.8 Å². The fourth-order valence-corrected chi connectivity index (χ4v) is 7.06. The first-order chi connectivity index (χ1) is 18.9. The van der Waals surface area contributed by atoms with Crippen LogP contribution in [0.1, 0.15) is 43.2 Å². The molecule has 8 heteroatoms. The van der Waals surface area contributed by atoms with Gasteiger partial charge < -0.3 is 20.3 Å². The second-order valence-corrected chi connectivity index (χ2v) is 12.2. The van der Waals surface area contributed by atoms with Crippen molar-refractivity contribution in [2.45, 2.75) is 69.2 Å². The minimum Gasteiger partial charge on any atom is -0.359 e. The first-order valence-electron chi connectivity index (χ1n) is 14.0. The van der Waals surface area contributed by atoms with Gasteiger partial charge in [0, 0.05) is 22.7 Å². The molecule has 2 bridgehead atoms. The number of nitrogens with one attached hydrogen (secondary N) is 2. The largest absolute Gasteiger partial charge is 0.359 e. The third kappa shape index (κ3) is 4.82. The lowest BCUT2D eigenvalue weighted by Gasteiger charge is -2.34. The molecule has 3 aliphatic heterocycles. The number of fused-ring (bicyclic) bond motifs is 1. The second kappa shape index (κ2) is 10.5. The monoisotopic (exact) mass is 591 g/mol. The molecule has 2 aromatic rings. The van der Waals surface area contributed by atoms with E-state index in [9.17, 15) is 14.4 Å². The smallest absolute Gasteiger partial charge is 0.246 e. The zero-order chi connectivity index (χ0) is 27.1. The molecule has 4 aliphatic rings. The number of hydrogen-bond acceptors (Lipinski definition) is 4. The van der Waals surface area contributed by atoms with Gasteiger partial charge in [0.2, 0.25) is 17.7 Å². The SMILES string of the molecule is Cc1ccc(CCN2C(=O)[C@@H]3[C@H](C(=O)Nc4ccc(Br)cc4)[C@@H]4C=C[C@@]3(O4)[C@@H]2C(=O)NC2CCCCC2)cc1. The van der Waals surface area contributed by atoms with Crippen LogP contribution in [-0.2, 0) is 25.5 Å². The van der Waals surface area contributed by atoms with Gasteiger partial charge >= 0.3 is 0 Å². The minimum absolute atomic E-state index is 0.106. The molecular weight excluding hydrogens is 558 g/mol. The molecule has 0 unspecified atom stereocenters. The van der Waals surface area contributed by atoms with Crippen LogP contribution in [0.15, 0.2) is 65.2 Å². The van der Waals surface area contributed by atoms with Crippen LogP contribution in [0, 0.1) is 18.8 Å². The highest BCUT2D eigenvalue weighted by atomic mass is 79.9. The van der Waals surface area contributed by atoms with E-state index in [0.29, 0.717) is 18.7 Å². The Bertz CT molecular complexity index is 1290. The first kappa shape index (κ1) is 26.3. The highest BCUT2D eigenvalue weighted by molar-refractivity contribution is 9.10. The second-order valence-electron chi connectivity index (χ2n) is 11.3. The van der Waals surface area contributed by atoms with Gasteiger partial charge in [-0.05, 0) is 56.0 Å². The van der Waals surface area contributed by atoms with Crippen molar-refractivity contribution in [3.05, 3.63) is 76.3 Å². The average molecular weight is 593 g/mol. The van der Waals surface area contributed by atoms with Crippen LogP contribution in [0.2, 0.25) is 0 Å². The Labute approximate surface area is 237 Å². The fraction of sp³-hybridized carbons (Fsp3) is 0.452. The van der Waals surface area contributed by atoms with Crippen molar-refractivity contribution in [2.75, 3.05) is 11.9 Å². The third-order valence-electron chi connectivity index (χ3n) is 8.75. The Kier molecular flexibility index (Phi) is 7.10. The lowest BCUT2D eigenvalue weighted by atomic mass is 9.74. The molecule has 3 amide bonds. The van der Waals surface area contributed by atoms with Gasteiger partial charge in [-0.2, -0.15) is 0 Å². The zero-order valence-electron chi connectivity index (χ0n) is 22.1. The van der Waals surface area contributed by atoms with Crippen LogP contribution in [-0.4, -0.2) is 53.0 Å². The number of carbonyl (C=O) groups excluding carboxylic acids is 3. The van der Waals surface area contributed by atoms with E-state index in [1.165, 1.54) is 12.0 Å². The highest BCUT2D eigenvalue weighted by Gasteiger charge is 2.72. The van der Waals surface area contributed by atoms with Crippen molar-refractivity contribution in [1.82, 2.24) is 10.2 Å².